The number of pyridine rings is 1. The zero-order valence-electron chi connectivity index (χ0n) is 19.3. The number of rotatable bonds is 8. The lowest BCUT2D eigenvalue weighted by Gasteiger charge is -2.41. The highest BCUT2D eigenvalue weighted by Gasteiger charge is 2.57. The summed E-state index contributed by atoms with van der Waals surface area (Å²) >= 11 is 1.62. The largest absolute Gasteiger partial charge is 0.343 e. The fourth-order valence-corrected chi connectivity index (χ4v) is 5.61. The molecule has 4 rings (SSSR count). The van der Waals surface area contributed by atoms with Gasteiger partial charge >= 0.3 is 6.03 Å². The molecule has 0 unspecified atom stereocenters. The van der Waals surface area contributed by atoms with Gasteiger partial charge in [0.2, 0.25) is 5.91 Å². The summed E-state index contributed by atoms with van der Waals surface area (Å²) in [5.41, 5.74) is -0.418. The van der Waals surface area contributed by atoms with Crippen LogP contribution in [0.25, 0.3) is 0 Å². The van der Waals surface area contributed by atoms with Crippen LogP contribution in [-0.2, 0) is 21.5 Å². The van der Waals surface area contributed by atoms with Gasteiger partial charge in [-0.3, -0.25) is 19.5 Å². The average Bonchev–Trinajstić information content (AvgIpc) is 3.45. The molecule has 0 bridgehead atoms. The molecule has 4 amide bonds. The molecule has 2 aromatic heterocycles. The van der Waals surface area contributed by atoms with E-state index in [0.717, 1.165) is 11.3 Å². The van der Waals surface area contributed by atoms with Crippen LogP contribution in [0.4, 0.5) is 4.79 Å². The predicted octanol–water partition coefficient (Wildman–Crippen LogP) is 3.81. The van der Waals surface area contributed by atoms with Crippen LogP contribution in [0.3, 0.4) is 0 Å². The maximum atomic E-state index is 13.8. The summed E-state index contributed by atoms with van der Waals surface area (Å²) < 4.78 is 0. The number of nitrogens with one attached hydrogen (secondary N) is 1. The second-order valence-electron chi connectivity index (χ2n) is 9.14. The van der Waals surface area contributed by atoms with Gasteiger partial charge in [-0.2, -0.15) is 0 Å². The Morgan fingerprint density at radius 2 is 2.06 bits per heavy atom. The first-order valence-electron chi connectivity index (χ1n) is 11.8. The van der Waals surface area contributed by atoms with Gasteiger partial charge in [0.05, 0.1) is 0 Å². The van der Waals surface area contributed by atoms with E-state index in [-0.39, 0.29) is 23.8 Å². The fourth-order valence-electron chi connectivity index (χ4n) is 4.91. The van der Waals surface area contributed by atoms with Crippen LogP contribution in [-0.4, -0.2) is 52.3 Å². The zero-order valence-corrected chi connectivity index (χ0v) is 20.1. The summed E-state index contributed by atoms with van der Waals surface area (Å²) in [4.78, 5) is 48.2. The first-order valence-corrected chi connectivity index (χ1v) is 12.7. The molecular formula is C25H32N4O3S. The van der Waals surface area contributed by atoms with E-state index in [0.29, 0.717) is 56.8 Å². The molecule has 2 fully saturated rings. The Hall–Kier alpha value is -2.74. The number of carbonyl (C=O) groups is 3. The third-order valence-electron chi connectivity index (χ3n) is 7.09. The van der Waals surface area contributed by atoms with Crippen LogP contribution in [0.2, 0.25) is 0 Å². The number of hydrogen-bond acceptors (Lipinski definition) is 5. The minimum absolute atomic E-state index is 0.0995. The number of likely N-dealkylation sites (tertiary alicyclic amines) is 1. The third kappa shape index (κ3) is 4.67. The van der Waals surface area contributed by atoms with E-state index in [2.05, 4.69) is 24.1 Å². The highest BCUT2D eigenvalue weighted by molar-refractivity contribution is 7.09. The number of piperidine rings is 1. The number of hydrogen-bond donors (Lipinski definition) is 1. The minimum Gasteiger partial charge on any atom is -0.343 e. The average molecular weight is 469 g/mol. The Morgan fingerprint density at radius 3 is 2.70 bits per heavy atom. The number of carbonyl (C=O) groups excluding carboxylic acids is 3. The van der Waals surface area contributed by atoms with Crippen molar-refractivity contribution in [2.24, 2.45) is 11.8 Å². The molecule has 1 N–H and O–H groups in total. The molecule has 0 saturated carbocycles. The van der Waals surface area contributed by atoms with E-state index >= 15 is 0 Å². The van der Waals surface area contributed by atoms with Crippen LogP contribution < -0.4 is 5.32 Å². The van der Waals surface area contributed by atoms with Gasteiger partial charge in [-0.15, -0.1) is 11.3 Å². The van der Waals surface area contributed by atoms with Crippen LogP contribution in [0.5, 0.6) is 0 Å². The molecule has 176 valence electrons. The van der Waals surface area contributed by atoms with Crippen molar-refractivity contribution < 1.29 is 14.4 Å². The molecule has 2 aliphatic rings. The molecule has 0 radical (unpaired) electrons. The first kappa shape index (κ1) is 23.4. The van der Waals surface area contributed by atoms with E-state index in [9.17, 15) is 14.4 Å². The third-order valence-corrected chi connectivity index (χ3v) is 8.03. The van der Waals surface area contributed by atoms with Crippen LogP contribution >= 0.6 is 11.3 Å². The number of nitrogens with zero attached hydrogens (tertiary/aromatic N) is 3. The van der Waals surface area contributed by atoms with Gasteiger partial charge in [-0.1, -0.05) is 32.4 Å². The van der Waals surface area contributed by atoms with Crippen molar-refractivity contribution in [3.8, 4) is 0 Å². The Balaban J connectivity index is 1.53. The molecule has 0 spiro atoms. The molecule has 2 saturated heterocycles. The quantitative estimate of drug-likeness (QED) is 0.598. The van der Waals surface area contributed by atoms with E-state index < -0.39 is 5.54 Å². The summed E-state index contributed by atoms with van der Waals surface area (Å²) in [6, 6.07) is 7.31. The van der Waals surface area contributed by atoms with Crippen molar-refractivity contribution in [1.29, 1.82) is 0 Å². The summed E-state index contributed by atoms with van der Waals surface area (Å²) in [6.07, 6.45) is 6.85. The Morgan fingerprint density at radius 1 is 1.27 bits per heavy atom. The van der Waals surface area contributed by atoms with E-state index in [4.69, 9.17) is 0 Å². The Kier molecular flexibility index (Phi) is 7.12. The molecule has 2 aromatic rings. The van der Waals surface area contributed by atoms with Gasteiger partial charge in [0.25, 0.3) is 5.91 Å². The second-order valence-corrected chi connectivity index (χ2v) is 10.2. The molecule has 2 aliphatic heterocycles. The summed E-state index contributed by atoms with van der Waals surface area (Å²) in [6.45, 7) is 5.74. The van der Waals surface area contributed by atoms with Gasteiger partial charge in [0.15, 0.2) is 5.54 Å². The number of thiophene rings is 1. The summed E-state index contributed by atoms with van der Waals surface area (Å²) in [7, 11) is 0. The van der Waals surface area contributed by atoms with Crippen molar-refractivity contribution in [2.45, 2.75) is 51.5 Å². The highest BCUT2D eigenvalue weighted by atomic mass is 32.1. The summed E-state index contributed by atoms with van der Waals surface area (Å²) in [5, 5.41) is 5.06. The minimum atomic E-state index is -1.13. The molecule has 7 nitrogen and oxygen atoms in total. The van der Waals surface area contributed by atoms with Crippen molar-refractivity contribution in [3.63, 3.8) is 0 Å². The highest BCUT2D eigenvalue weighted by Crippen LogP contribution is 2.41. The smallest absolute Gasteiger partial charge is 0.325 e. The van der Waals surface area contributed by atoms with E-state index in [1.807, 2.05) is 28.5 Å². The van der Waals surface area contributed by atoms with E-state index in [1.54, 1.807) is 29.8 Å². The number of urea groups is 1. The molecule has 0 aromatic carbocycles. The van der Waals surface area contributed by atoms with Gasteiger partial charge in [0.1, 0.15) is 0 Å². The topological polar surface area (TPSA) is 82.6 Å². The molecule has 0 aliphatic carbocycles. The number of aromatic nitrogens is 1. The lowest BCUT2D eigenvalue weighted by atomic mass is 9.73. The van der Waals surface area contributed by atoms with Crippen molar-refractivity contribution in [1.82, 2.24) is 20.1 Å². The SMILES string of the molecule is CC[C@@H](C)CC(=O)N1CCC([C@@]2(c3cccnc3)NC(=O)N(CCc3cccs3)C2=O)CC1. The summed E-state index contributed by atoms with van der Waals surface area (Å²) in [5.74, 6) is 0.237. The maximum Gasteiger partial charge on any atom is 0.325 e. The van der Waals surface area contributed by atoms with Crippen molar-refractivity contribution >= 4 is 29.2 Å². The number of amides is 4. The number of imide groups is 1. The predicted molar refractivity (Wildman–Crippen MR) is 128 cm³/mol. The lowest BCUT2D eigenvalue weighted by Crippen LogP contribution is -2.54. The normalized spacial score (nSPS) is 22.5. The Labute approximate surface area is 199 Å². The molecule has 8 heteroatoms. The van der Waals surface area contributed by atoms with Gasteiger partial charge < -0.3 is 10.2 Å². The monoisotopic (exact) mass is 468 g/mol. The fraction of sp³-hybridized carbons (Fsp3) is 0.520. The van der Waals surface area contributed by atoms with Crippen molar-refractivity contribution in [2.75, 3.05) is 19.6 Å². The van der Waals surface area contributed by atoms with Gasteiger partial charge in [-0.05, 0) is 48.6 Å². The van der Waals surface area contributed by atoms with Gasteiger partial charge in [-0.25, -0.2) is 4.79 Å². The van der Waals surface area contributed by atoms with E-state index in [1.165, 1.54) is 4.90 Å². The Bertz CT molecular complexity index is 973. The van der Waals surface area contributed by atoms with Crippen molar-refractivity contribution in [3.05, 3.63) is 52.5 Å². The maximum absolute atomic E-state index is 13.8. The zero-order chi connectivity index (χ0) is 23.4. The molecule has 33 heavy (non-hydrogen) atoms. The lowest BCUT2D eigenvalue weighted by molar-refractivity contribution is -0.136. The van der Waals surface area contributed by atoms with Crippen LogP contribution in [0.15, 0.2) is 42.0 Å². The van der Waals surface area contributed by atoms with Gasteiger partial charge in [0, 0.05) is 48.9 Å². The molecular weight excluding hydrogens is 436 g/mol. The first-order chi connectivity index (χ1) is 16.0. The van der Waals surface area contributed by atoms with Crippen LogP contribution in [0, 0.1) is 11.8 Å². The standard InChI is InChI=1S/C25H32N4O3S/c1-3-18(2)16-22(30)28-12-8-19(9-13-28)25(20-6-4-11-26-17-20)23(31)29(24(32)27-25)14-10-21-7-5-15-33-21/h4-7,11,15,17-19H,3,8-10,12-14,16H2,1-2H3,(H,27,32)/t18-,25+/m1/s1. The van der Waals surface area contributed by atoms with Crippen LogP contribution in [0.1, 0.15) is 50.0 Å². The molecule has 2 atom stereocenters. The molecule has 4 heterocycles. The second kappa shape index (κ2) is 10.0.